The predicted molar refractivity (Wildman–Crippen MR) is 67.2 cm³/mol. The van der Waals surface area contributed by atoms with Gasteiger partial charge in [0.2, 0.25) is 0 Å². The van der Waals surface area contributed by atoms with Gasteiger partial charge >= 0.3 is 0 Å². The minimum Gasteiger partial charge on any atom is -0.378 e. The number of anilines is 1. The first-order valence-corrected chi connectivity index (χ1v) is 5.53. The molecule has 0 aromatic heterocycles. The monoisotopic (exact) mass is 206 g/mol. The highest BCUT2D eigenvalue weighted by Crippen LogP contribution is 2.22. The van der Waals surface area contributed by atoms with Crippen molar-refractivity contribution in [2.75, 3.05) is 19.0 Å². The minimum absolute atomic E-state index is 0.157. The molecule has 0 fully saturated rings. The zero-order chi connectivity index (χ0) is 11.4. The number of nitrogens with two attached hydrogens (primary N) is 1. The Hall–Kier alpha value is -1.02. The second kappa shape index (κ2) is 5.17. The van der Waals surface area contributed by atoms with Gasteiger partial charge in [0.1, 0.15) is 0 Å². The van der Waals surface area contributed by atoms with Crippen LogP contribution in [0.1, 0.15) is 31.9 Å². The number of benzene rings is 1. The smallest absolute Gasteiger partial charge is 0.0364 e. The van der Waals surface area contributed by atoms with Crippen molar-refractivity contribution < 1.29 is 0 Å². The molecule has 2 nitrogen and oxygen atoms in total. The van der Waals surface area contributed by atoms with E-state index in [1.165, 1.54) is 11.3 Å². The van der Waals surface area contributed by atoms with Crippen molar-refractivity contribution in [2.45, 2.75) is 26.3 Å². The third-order valence-electron chi connectivity index (χ3n) is 2.54. The van der Waals surface area contributed by atoms with Crippen molar-refractivity contribution in [1.82, 2.24) is 0 Å². The first kappa shape index (κ1) is 12.1. The molecule has 1 atom stereocenters. The molecule has 2 N–H and O–H groups in total. The fraction of sp³-hybridized carbons (Fsp3) is 0.538. The summed E-state index contributed by atoms with van der Waals surface area (Å²) in [6.07, 6.45) is 1.04. The molecule has 1 aromatic carbocycles. The van der Waals surface area contributed by atoms with Crippen LogP contribution in [0, 0.1) is 5.92 Å². The fourth-order valence-corrected chi connectivity index (χ4v) is 1.68. The van der Waals surface area contributed by atoms with E-state index in [-0.39, 0.29) is 6.04 Å². The Morgan fingerprint density at radius 2 is 1.93 bits per heavy atom. The van der Waals surface area contributed by atoms with E-state index in [1.54, 1.807) is 0 Å². The zero-order valence-corrected chi connectivity index (χ0v) is 10.2. The molecule has 0 radical (unpaired) electrons. The normalized spacial score (nSPS) is 12.9. The Labute approximate surface area is 93.1 Å². The van der Waals surface area contributed by atoms with Crippen molar-refractivity contribution in [3.63, 3.8) is 0 Å². The second-order valence-electron chi connectivity index (χ2n) is 4.73. The molecule has 15 heavy (non-hydrogen) atoms. The predicted octanol–water partition coefficient (Wildman–Crippen LogP) is 2.80. The van der Waals surface area contributed by atoms with Crippen LogP contribution in [0.3, 0.4) is 0 Å². The van der Waals surface area contributed by atoms with Gasteiger partial charge < -0.3 is 10.6 Å². The second-order valence-corrected chi connectivity index (χ2v) is 4.73. The highest BCUT2D eigenvalue weighted by atomic mass is 15.1. The summed E-state index contributed by atoms with van der Waals surface area (Å²) in [5.74, 6) is 0.642. The lowest BCUT2D eigenvalue weighted by Gasteiger charge is -2.18. The van der Waals surface area contributed by atoms with Crippen molar-refractivity contribution >= 4 is 5.69 Å². The quantitative estimate of drug-likeness (QED) is 0.820. The van der Waals surface area contributed by atoms with Gasteiger partial charge in [0.25, 0.3) is 0 Å². The van der Waals surface area contributed by atoms with Gasteiger partial charge in [0.05, 0.1) is 0 Å². The number of rotatable bonds is 4. The van der Waals surface area contributed by atoms with Crippen LogP contribution in [0.15, 0.2) is 24.3 Å². The third kappa shape index (κ3) is 3.56. The van der Waals surface area contributed by atoms with E-state index in [4.69, 9.17) is 5.73 Å². The molecule has 2 heteroatoms. The molecule has 0 spiro atoms. The summed E-state index contributed by atoms with van der Waals surface area (Å²) in [5, 5.41) is 0. The summed E-state index contributed by atoms with van der Waals surface area (Å²) in [7, 11) is 4.10. The molecule has 0 saturated carbocycles. The lowest BCUT2D eigenvalue weighted by Crippen LogP contribution is -2.14. The molecule has 84 valence electrons. The van der Waals surface area contributed by atoms with Crippen LogP contribution in [0.5, 0.6) is 0 Å². The van der Waals surface area contributed by atoms with Gasteiger partial charge in [0, 0.05) is 25.8 Å². The molecule has 0 amide bonds. The Bertz CT molecular complexity index is 305. The highest BCUT2D eigenvalue weighted by Gasteiger charge is 2.08. The number of hydrogen-bond acceptors (Lipinski definition) is 2. The first-order chi connectivity index (χ1) is 7.00. The maximum atomic E-state index is 6.15. The molecule has 0 saturated heterocycles. The Kier molecular flexibility index (Phi) is 4.15. The fourth-order valence-electron chi connectivity index (χ4n) is 1.68. The molecule has 1 unspecified atom stereocenters. The molecule has 0 heterocycles. The van der Waals surface area contributed by atoms with Gasteiger partial charge in [-0.3, -0.25) is 0 Å². The topological polar surface area (TPSA) is 29.3 Å². The molecular formula is C13H22N2. The summed E-state index contributed by atoms with van der Waals surface area (Å²) < 4.78 is 0. The summed E-state index contributed by atoms with van der Waals surface area (Å²) in [6, 6.07) is 8.62. The maximum absolute atomic E-state index is 6.15. The lowest BCUT2D eigenvalue weighted by molar-refractivity contribution is 0.510. The van der Waals surface area contributed by atoms with Crippen molar-refractivity contribution in [3.8, 4) is 0 Å². The Morgan fingerprint density at radius 3 is 2.47 bits per heavy atom. The molecule has 0 bridgehead atoms. The first-order valence-electron chi connectivity index (χ1n) is 5.53. The van der Waals surface area contributed by atoms with Gasteiger partial charge in [-0.05, 0) is 30.0 Å². The van der Waals surface area contributed by atoms with Crippen LogP contribution in [0.2, 0.25) is 0 Å². The maximum Gasteiger partial charge on any atom is 0.0364 e. The summed E-state index contributed by atoms with van der Waals surface area (Å²) in [4.78, 5) is 2.10. The van der Waals surface area contributed by atoms with Gasteiger partial charge in [-0.1, -0.05) is 26.0 Å². The van der Waals surface area contributed by atoms with E-state index in [9.17, 15) is 0 Å². The average molecular weight is 206 g/mol. The molecule has 0 aliphatic heterocycles. The standard InChI is InChI=1S/C13H22N2/c1-10(2)8-13(14)11-6-5-7-12(9-11)15(3)4/h5-7,9-10,13H,8,14H2,1-4H3. The van der Waals surface area contributed by atoms with Crippen LogP contribution in [-0.4, -0.2) is 14.1 Å². The van der Waals surface area contributed by atoms with Gasteiger partial charge in [-0.2, -0.15) is 0 Å². The van der Waals surface area contributed by atoms with Crippen molar-refractivity contribution in [3.05, 3.63) is 29.8 Å². The highest BCUT2D eigenvalue weighted by molar-refractivity contribution is 5.47. The van der Waals surface area contributed by atoms with Gasteiger partial charge in [-0.25, -0.2) is 0 Å². The van der Waals surface area contributed by atoms with Crippen LogP contribution >= 0.6 is 0 Å². The summed E-state index contributed by atoms with van der Waals surface area (Å²) >= 11 is 0. The Morgan fingerprint density at radius 1 is 1.27 bits per heavy atom. The van der Waals surface area contributed by atoms with Gasteiger partial charge in [-0.15, -0.1) is 0 Å². The van der Waals surface area contributed by atoms with E-state index in [1.807, 2.05) is 14.1 Å². The molecule has 1 aromatic rings. The summed E-state index contributed by atoms with van der Waals surface area (Å²) in [5.41, 5.74) is 8.59. The lowest BCUT2D eigenvalue weighted by atomic mass is 9.97. The largest absolute Gasteiger partial charge is 0.378 e. The molecule has 0 aliphatic rings. The van der Waals surface area contributed by atoms with Crippen LogP contribution in [0.4, 0.5) is 5.69 Å². The van der Waals surface area contributed by atoms with E-state index < -0.39 is 0 Å². The zero-order valence-electron chi connectivity index (χ0n) is 10.2. The molecule has 1 rings (SSSR count). The van der Waals surface area contributed by atoms with Crippen molar-refractivity contribution in [1.29, 1.82) is 0 Å². The minimum atomic E-state index is 0.157. The van der Waals surface area contributed by atoms with Crippen molar-refractivity contribution in [2.24, 2.45) is 11.7 Å². The summed E-state index contributed by atoms with van der Waals surface area (Å²) in [6.45, 7) is 4.41. The van der Waals surface area contributed by atoms with Crippen LogP contribution in [0.25, 0.3) is 0 Å². The van der Waals surface area contributed by atoms with Crippen LogP contribution < -0.4 is 10.6 Å². The van der Waals surface area contributed by atoms with Gasteiger partial charge in [0.15, 0.2) is 0 Å². The van der Waals surface area contributed by atoms with E-state index in [2.05, 4.69) is 43.0 Å². The average Bonchev–Trinajstić information content (AvgIpc) is 2.17. The number of nitrogens with zero attached hydrogens (tertiary/aromatic N) is 1. The third-order valence-corrected chi connectivity index (χ3v) is 2.54. The Balaban J connectivity index is 2.80. The SMILES string of the molecule is CC(C)CC(N)c1cccc(N(C)C)c1. The van der Waals surface area contributed by atoms with Crippen LogP contribution in [-0.2, 0) is 0 Å². The molecule has 0 aliphatic carbocycles. The molecular weight excluding hydrogens is 184 g/mol. The van der Waals surface area contributed by atoms with E-state index in [0.29, 0.717) is 5.92 Å². The number of hydrogen-bond donors (Lipinski definition) is 1. The van der Waals surface area contributed by atoms with E-state index in [0.717, 1.165) is 6.42 Å². The van der Waals surface area contributed by atoms with E-state index >= 15 is 0 Å².